The van der Waals surface area contributed by atoms with Gasteiger partial charge >= 0.3 is 0 Å². The second-order valence-corrected chi connectivity index (χ2v) is 4.21. The van der Waals surface area contributed by atoms with Crippen LogP contribution in [0.5, 0.6) is 0 Å². The fourth-order valence-electron chi connectivity index (χ4n) is 1.72. The van der Waals surface area contributed by atoms with Gasteiger partial charge in [-0.15, -0.1) is 0 Å². The molecule has 0 fully saturated rings. The molecule has 19 heavy (non-hydrogen) atoms. The van der Waals surface area contributed by atoms with E-state index in [4.69, 9.17) is 4.42 Å². The minimum absolute atomic E-state index is 0.0397. The Morgan fingerprint density at radius 3 is 2.95 bits per heavy atom. The second-order valence-electron chi connectivity index (χ2n) is 4.21. The number of unbranched alkanes of at least 4 members (excludes halogenated alkanes) is 1. The third-order valence-corrected chi connectivity index (χ3v) is 2.74. The standard InChI is InChI=1S/C14H17N3O2/c1-2-3-6-13(18)17-10-11-14(16-8-7-15-11)12-5-4-9-19-12/h4-5,7-9H,2-3,6,10H2,1H3,(H,17,18). The van der Waals surface area contributed by atoms with E-state index in [0.717, 1.165) is 12.8 Å². The van der Waals surface area contributed by atoms with Crippen LogP contribution in [-0.4, -0.2) is 15.9 Å². The third-order valence-electron chi connectivity index (χ3n) is 2.74. The summed E-state index contributed by atoms with van der Waals surface area (Å²) in [5.41, 5.74) is 1.38. The summed E-state index contributed by atoms with van der Waals surface area (Å²) in [6.07, 6.45) is 7.27. The van der Waals surface area contributed by atoms with Crippen LogP contribution in [0.3, 0.4) is 0 Å². The van der Waals surface area contributed by atoms with E-state index in [1.807, 2.05) is 6.07 Å². The van der Waals surface area contributed by atoms with Gasteiger partial charge in [-0.2, -0.15) is 0 Å². The van der Waals surface area contributed by atoms with Crippen LogP contribution < -0.4 is 5.32 Å². The number of amides is 1. The number of carbonyl (C=O) groups excluding carboxylic acids is 1. The number of furan rings is 1. The molecule has 0 aliphatic heterocycles. The van der Waals surface area contributed by atoms with Gasteiger partial charge in [0.1, 0.15) is 5.69 Å². The Kier molecular flexibility index (Phi) is 4.66. The third kappa shape index (κ3) is 3.64. The molecule has 0 aromatic carbocycles. The molecule has 0 saturated heterocycles. The molecule has 0 spiro atoms. The number of hydrogen-bond acceptors (Lipinski definition) is 4. The molecule has 1 amide bonds. The van der Waals surface area contributed by atoms with E-state index < -0.39 is 0 Å². The van der Waals surface area contributed by atoms with Crippen molar-refractivity contribution in [2.24, 2.45) is 0 Å². The molecule has 0 saturated carbocycles. The smallest absolute Gasteiger partial charge is 0.220 e. The van der Waals surface area contributed by atoms with Crippen molar-refractivity contribution in [3.05, 3.63) is 36.5 Å². The molecular weight excluding hydrogens is 242 g/mol. The van der Waals surface area contributed by atoms with Crippen molar-refractivity contribution in [1.29, 1.82) is 0 Å². The fourth-order valence-corrected chi connectivity index (χ4v) is 1.72. The first kappa shape index (κ1) is 13.3. The highest BCUT2D eigenvalue weighted by molar-refractivity contribution is 5.76. The van der Waals surface area contributed by atoms with Crippen LogP contribution in [0.2, 0.25) is 0 Å². The highest BCUT2D eigenvalue weighted by Crippen LogP contribution is 2.19. The van der Waals surface area contributed by atoms with Crippen molar-refractivity contribution < 1.29 is 9.21 Å². The number of nitrogens with zero attached hydrogens (tertiary/aromatic N) is 2. The van der Waals surface area contributed by atoms with Crippen molar-refractivity contribution in [3.8, 4) is 11.5 Å². The van der Waals surface area contributed by atoms with Gasteiger partial charge < -0.3 is 9.73 Å². The Morgan fingerprint density at radius 1 is 1.37 bits per heavy atom. The van der Waals surface area contributed by atoms with Crippen molar-refractivity contribution in [3.63, 3.8) is 0 Å². The summed E-state index contributed by atoms with van der Waals surface area (Å²) in [5, 5.41) is 2.85. The number of hydrogen-bond donors (Lipinski definition) is 1. The van der Waals surface area contributed by atoms with Crippen LogP contribution in [0.1, 0.15) is 31.9 Å². The van der Waals surface area contributed by atoms with Crippen LogP contribution in [-0.2, 0) is 11.3 Å². The molecule has 0 unspecified atom stereocenters. The lowest BCUT2D eigenvalue weighted by Crippen LogP contribution is -2.23. The van der Waals surface area contributed by atoms with Gasteiger partial charge in [-0.25, -0.2) is 4.98 Å². The van der Waals surface area contributed by atoms with Gasteiger partial charge in [0.25, 0.3) is 0 Å². The van der Waals surface area contributed by atoms with Crippen LogP contribution in [0.25, 0.3) is 11.5 Å². The van der Waals surface area contributed by atoms with Crippen LogP contribution >= 0.6 is 0 Å². The number of rotatable bonds is 6. The summed E-state index contributed by atoms with van der Waals surface area (Å²) in [6.45, 7) is 2.43. The van der Waals surface area contributed by atoms with Crippen LogP contribution in [0.4, 0.5) is 0 Å². The summed E-state index contributed by atoms with van der Waals surface area (Å²) in [4.78, 5) is 20.1. The quantitative estimate of drug-likeness (QED) is 0.865. The zero-order valence-electron chi connectivity index (χ0n) is 10.9. The number of aromatic nitrogens is 2. The molecule has 0 aliphatic carbocycles. The molecule has 2 rings (SSSR count). The van der Waals surface area contributed by atoms with Crippen molar-refractivity contribution in [2.75, 3.05) is 0 Å². The van der Waals surface area contributed by atoms with Crippen LogP contribution in [0.15, 0.2) is 35.2 Å². The molecule has 0 radical (unpaired) electrons. The maximum absolute atomic E-state index is 11.6. The molecule has 2 aromatic heterocycles. The minimum atomic E-state index is 0.0397. The fraction of sp³-hybridized carbons (Fsp3) is 0.357. The molecule has 0 bridgehead atoms. The van der Waals surface area contributed by atoms with E-state index >= 15 is 0 Å². The van der Waals surface area contributed by atoms with Gasteiger partial charge in [-0.3, -0.25) is 9.78 Å². The Morgan fingerprint density at radius 2 is 2.21 bits per heavy atom. The average molecular weight is 259 g/mol. The van der Waals surface area contributed by atoms with E-state index in [-0.39, 0.29) is 5.91 Å². The highest BCUT2D eigenvalue weighted by atomic mass is 16.3. The molecule has 100 valence electrons. The van der Waals surface area contributed by atoms with Crippen molar-refractivity contribution in [1.82, 2.24) is 15.3 Å². The normalized spacial score (nSPS) is 10.4. The molecule has 1 N–H and O–H groups in total. The Bertz CT molecular complexity index is 523. The van der Waals surface area contributed by atoms with E-state index in [2.05, 4.69) is 22.2 Å². The van der Waals surface area contributed by atoms with Gasteiger partial charge in [0.05, 0.1) is 18.5 Å². The van der Waals surface area contributed by atoms with Gasteiger partial charge in [0.15, 0.2) is 5.76 Å². The molecule has 5 nitrogen and oxygen atoms in total. The van der Waals surface area contributed by atoms with Gasteiger partial charge in [-0.1, -0.05) is 13.3 Å². The maximum Gasteiger partial charge on any atom is 0.220 e. The van der Waals surface area contributed by atoms with Crippen molar-refractivity contribution >= 4 is 5.91 Å². The lowest BCUT2D eigenvalue weighted by atomic mass is 10.2. The van der Waals surface area contributed by atoms with E-state index in [0.29, 0.717) is 30.1 Å². The molecular formula is C14H17N3O2. The topological polar surface area (TPSA) is 68.0 Å². The minimum Gasteiger partial charge on any atom is -0.463 e. The zero-order chi connectivity index (χ0) is 13.5. The highest BCUT2D eigenvalue weighted by Gasteiger charge is 2.11. The van der Waals surface area contributed by atoms with Gasteiger partial charge in [-0.05, 0) is 18.6 Å². The molecule has 2 heterocycles. The van der Waals surface area contributed by atoms with Crippen LogP contribution in [0, 0.1) is 0 Å². The molecule has 0 aliphatic rings. The first-order chi connectivity index (χ1) is 9.31. The molecule has 0 atom stereocenters. The van der Waals surface area contributed by atoms with Gasteiger partial charge in [0.2, 0.25) is 5.91 Å². The number of nitrogens with one attached hydrogen (secondary N) is 1. The lowest BCUT2D eigenvalue weighted by molar-refractivity contribution is -0.121. The lowest BCUT2D eigenvalue weighted by Gasteiger charge is -2.07. The van der Waals surface area contributed by atoms with Crippen molar-refractivity contribution in [2.45, 2.75) is 32.7 Å². The maximum atomic E-state index is 11.6. The zero-order valence-corrected chi connectivity index (χ0v) is 10.9. The predicted octanol–water partition coefficient (Wildman–Crippen LogP) is 2.54. The molecule has 5 heteroatoms. The Hall–Kier alpha value is -2.17. The number of carbonyl (C=O) groups is 1. The monoisotopic (exact) mass is 259 g/mol. The molecule has 2 aromatic rings. The van der Waals surface area contributed by atoms with E-state index in [1.165, 1.54) is 0 Å². The summed E-state index contributed by atoms with van der Waals surface area (Å²) in [6, 6.07) is 3.63. The average Bonchev–Trinajstić information content (AvgIpc) is 2.97. The summed E-state index contributed by atoms with van der Waals surface area (Å²) < 4.78 is 5.32. The first-order valence-corrected chi connectivity index (χ1v) is 6.41. The SMILES string of the molecule is CCCCC(=O)NCc1nccnc1-c1ccco1. The predicted molar refractivity (Wildman–Crippen MR) is 71.1 cm³/mol. The van der Waals surface area contributed by atoms with E-state index in [1.54, 1.807) is 24.7 Å². The summed E-state index contributed by atoms with van der Waals surface area (Å²) in [5.74, 6) is 0.698. The largest absolute Gasteiger partial charge is 0.463 e. The first-order valence-electron chi connectivity index (χ1n) is 6.41. The Labute approximate surface area is 112 Å². The Balaban J connectivity index is 2.03. The summed E-state index contributed by atoms with van der Waals surface area (Å²) in [7, 11) is 0. The second kappa shape index (κ2) is 6.68. The summed E-state index contributed by atoms with van der Waals surface area (Å²) >= 11 is 0. The van der Waals surface area contributed by atoms with E-state index in [9.17, 15) is 4.79 Å². The van der Waals surface area contributed by atoms with Gasteiger partial charge in [0, 0.05) is 18.8 Å².